The molecule has 4 rings (SSSR count). The van der Waals surface area contributed by atoms with E-state index in [4.69, 9.17) is 9.47 Å². The standard InChI is InChI=1S/C30H34F3N3O3/c1-18(22-10-7-11-24(27(22)31)30(32,33)29(3,4)37)34-28-23-17-26(39-15-14-38-5)21(13-12-20-8-6-9-20)16-25(23)35-19(2)36-28/h7,10-11,16-18,20,37H,6,8-9,14-15H2,1-5H3,(H,34,35,36)/t18-/m1/s1. The molecule has 0 unspecified atom stereocenters. The van der Waals surface area contributed by atoms with Gasteiger partial charge in [0.1, 0.15) is 35.4 Å². The van der Waals surface area contributed by atoms with Gasteiger partial charge in [-0.05, 0) is 58.7 Å². The van der Waals surface area contributed by atoms with Crippen LogP contribution < -0.4 is 10.1 Å². The van der Waals surface area contributed by atoms with Crippen molar-refractivity contribution < 1.29 is 27.8 Å². The highest BCUT2D eigenvalue weighted by atomic mass is 19.3. The van der Waals surface area contributed by atoms with Crippen molar-refractivity contribution in [3.05, 3.63) is 58.7 Å². The molecule has 1 atom stereocenters. The van der Waals surface area contributed by atoms with Crippen molar-refractivity contribution >= 4 is 16.7 Å². The molecule has 0 amide bonds. The molecule has 2 aromatic carbocycles. The molecule has 2 N–H and O–H groups in total. The number of anilines is 1. The lowest BCUT2D eigenvalue weighted by atomic mass is 9.86. The van der Waals surface area contributed by atoms with Gasteiger partial charge < -0.3 is 19.9 Å². The average molecular weight is 542 g/mol. The largest absolute Gasteiger partial charge is 0.490 e. The maximum Gasteiger partial charge on any atom is 0.303 e. The van der Waals surface area contributed by atoms with Crippen molar-refractivity contribution in [3.8, 4) is 17.6 Å². The minimum atomic E-state index is -3.80. The number of nitrogens with zero attached hydrogens (tertiary/aromatic N) is 2. The van der Waals surface area contributed by atoms with Gasteiger partial charge in [0.25, 0.3) is 0 Å². The van der Waals surface area contributed by atoms with Crippen molar-refractivity contribution in [1.29, 1.82) is 0 Å². The van der Waals surface area contributed by atoms with E-state index in [1.54, 1.807) is 27.0 Å². The summed E-state index contributed by atoms with van der Waals surface area (Å²) in [7, 11) is 1.59. The maximum atomic E-state index is 15.4. The van der Waals surface area contributed by atoms with Crippen LogP contribution in [0.15, 0.2) is 30.3 Å². The molecule has 1 heterocycles. The number of hydrogen-bond acceptors (Lipinski definition) is 6. The molecule has 1 fully saturated rings. The second-order valence-electron chi connectivity index (χ2n) is 10.4. The molecular formula is C30H34F3N3O3. The van der Waals surface area contributed by atoms with Crippen LogP contribution in [-0.2, 0) is 10.7 Å². The van der Waals surface area contributed by atoms with Crippen LogP contribution in [0.3, 0.4) is 0 Å². The Morgan fingerprint density at radius 2 is 1.92 bits per heavy atom. The number of halogens is 3. The number of aromatic nitrogens is 2. The molecule has 0 aliphatic heterocycles. The number of nitrogens with one attached hydrogen (secondary N) is 1. The average Bonchev–Trinajstić information content (AvgIpc) is 2.82. The van der Waals surface area contributed by atoms with E-state index in [1.165, 1.54) is 18.6 Å². The van der Waals surface area contributed by atoms with Crippen LogP contribution in [0.2, 0.25) is 0 Å². The number of fused-ring (bicyclic) bond motifs is 1. The molecule has 0 spiro atoms. The minimum absolute atomic E-state index is 0.0143. The van der Waals surface area contributed by atoms with Crippen molar-refractivity contribution in [2.24, 2.45) is 5.92 Å². The Kier molecular flexibility index (Phi) is 8.38. The van der Waals surface area contributed by atoms with Crippen molar-refractivity contribution in [1.82, 2.24) is 9.97 Å². The van der Waals surface area contributed by atoms with Crippen LogP contribution in [-0.4, -0.2) is 41.0 Å². The first-order valence-corrected chi connectivity index (χ1v) is 13.0. The number of aryl methyl sites for hydroxylation is 1. The fraction of sp³-hybridized carbons (Fsp3) is 0.467. The van der Waals surface area contributed by atoms with E-state index in [1.807, 2.05) is 6.07 Å². The summed E-state index contributed by atoms with van der Waals surface area (Å²) in [5.41, 5.74) is -1.97. The summed E-state index contributed by atoms with van der Waals surface area (Å²) in [6.07, 6.45) is 3.37. The number of hydrogen-bond donors (Lipinski definition) is 2. The molecule has 1 aliphatic rings. The number of ether oxygens (including phenoxy) is 2. The Bertz CT molecular complexity index is 1410. The zero-order valence-corrected chi connectivity index (χ0v) is 22.9. The predicted molar refractivity (Wildman–Crippen MR) is 144 cm³/mol. The normalized spacial score (nSPS) is 14.9. The fourth-order valence-corrected chi connectivity index (χ4v) is 4.31. The zero-order valence-electron chi connectivity index (χ0n) is 22.9. The Balaban J connectivity index is 1.73. The summed E-state index contributed by atoms with van der Waals surface area (Å²) in [5, 5.41) is 13.8. The third-order valence-electron chi connectivity index (χ3n) is 6.93. The summed E-state index contributed by atoms with van der Waals surface area (Å²) >= 11 is 0. The van der Waals surface area contributed by atoms with E-state index in [0.29, 0.717) is 53.0 Å². The highest BCUT2D eigenvalue weighted by Gasteiger charge is 2.49. The van der Waals surface area contributed by atoms with Gasteiger partial charge in [0.15, 0.2) is 0 Å². The van der Waals surface area contributed by atoms with Crippen LogP contribution in [0.4, 0.5) is 19.0 Å². The van der Waals surface area contributed by atoms with E-state index in [2.05, 4.69) is 27.1 Å². The Labute approximate surface area is 227 Å². The van der Waals surface area contributed by atoms with Gasteiger partial charge in [0, 0.05) is 24.0 Å². The maximum absolute atomic E-state index is 15.4. The van der Waals surface area contributed by atoms with Crippen molar-refractivity contribution in [2.75, 3.05) is 25.6 Å². The number of rotatable bonds is 9. The lowest BCUT2D eigenvalue weighted by Gasteiger charge is -2.30. The predicted octanol–water partition coefficient (Wildman–Crippen LogP) is 6.29. The van der Waals surface area contributed by atoms with Gasteiger partial charge in [-0.3, -0.25) is 0 Å². The quantitative estimate of drug-likeness (QED) is 0.245. The molecule has 39 heavy (non-hydrogen) atoms. The van der Waals surface area contributed by atoms with Crippen LogP contribution in [0.25, 0.3) is 10.9 Å². The second-order valence-corrected chi connectivity index (χ2v) is 10.4. The highest BCUT2D eigenvalue weighted by Crippen LogP contribution is 2.41. The zero-order chi connectivity index (χ0) is 28.4. The molecule has 1 aliphatic carbocycles. The van der Waals surface area contributed by atoms with Crippen LogP contribution in [0.5, 0.6) is 5.75 Å². The molecule has 1 saturated carbocycles. The molecule has 0 saturated heterocycles. The second kappa shape index (κ2) is 11.4. The van der Waals surface area contributed by atoms with Crippen molar-refractivity contribution in [3.63, 3.8) is 0 Å². The molecule has 3 aromatic rings. The van der Waals surface area contributed by atoms with E-state index < -0.39 is 28.9 Å². The first-order valence-electron chi connectivity index (χ1n) is 13.0. The lowest BCUT2D eigenvalue weighted by Crippen LogP contribution is -2.41. The van der Waals surface area contributed by atoms with E-state index in [-0.39, 0.29) is 5.56 Å². The SMILES string of the molecule is COCCOc1cc2c(N[C@H](C)c3cccc(C(F)(F)C(C)(C)O)c3F)nc(C)nc2cc1C#CC1CCC1. The van der Waals surface area contributed by atoms with Gasteiger partial charge in [-0.25, -0.2) is 14.4 Å². The number of methoxy groups -OCH3 is 1. The molecular weight excluding hydrogens is 507 g/mol. The smallest absolute Gasteiger partial charge is 0.303 e. The third-order valence-corrected chi connectivity index (χ3v) is 6.93. The molecule has 1 aromatic heterocycles. The van der Waals surface area contributed by atoms with E-state index in [0.717, 1.165) is 32.8 Å². The topological polar surface area (TPSA) is 76.5 Å². The molecule has 9 heteroatoms. The monoisotopic (exact) mass is 541 g/mol. The molecule has 6 nitrogen and oxygen atoms in total. The summed E-state index contributed by atoms with van der Waals surface area (Å²) in [6.45, 7) is 6.01. The van der Waals surface area contributed by atoms with E-state index in [9.17, 15) is 13.9 Å². The van der Waals surface area contributed by atoms with Gasteiger partial charge in [0.05, 0.1) is 29.3 Å². The van der Waals surface area contributed by atoms with Crippen molar-refractivity contribution in [2.45, 2.75) is 64.5 Å². The minimum Gasteiger partial charge on any atom is -0.490 e. The summed E-state index contributed by atoms with van der Waals surface area (Å²) < 4.78 is 56.2. The summed E-state index contributed by atoms with van der Waals surface area (Å²) in [6, 6.07) is 6.67. The Morgan fingerprint density at radius 3 is 2.56 bits per heavy atom. The van der Waals surface area contributed by atoms with Crippen LogP contribution >= 0.6 is 0 Å². The van der Waals surface area contributed by atoms with Gasteiger partial charge in [-0.1, -0.05) is 30.4 Å². The first-order chi connectivity index (χ1) is 18.4. The molecule has 0 radical (unpaired) electrons. The Morgan fingerprint density at radius 1 is 1.18 bits per heavy atom. The first kappa shape index (κ1) is 28.7. The van der Waals surface area contributed by atoms with Gasteiger partial charge in [-0.2, -0.15) is 8.78 Å². The van der Waals surface area contributed by atoms with Crippen LogP contribution in [0.1, 0.15) is 68.6 Å². The van der Waals surface area contributed by atoms with Crippen LogP contribution in [0, 0.1) is 30.5 Å². The van der Waals surface area contributed by atoms with Gasteiger partial charge in [0.2, 0.25) is 0 Å². The Hall–Kier alpha value is -3.35. The molecule has 0 bridgehead atoms. The van der Waals surface area contributed by atoms with Gasteiger partial charge >= 0.3 is 5.92 Å². The van der Waals surface area contributed by atoms with E-state index >= 15 is 4.39 Å². The number of benzene rings is 2. The molecule has 208 valence electrons. The lowest BCUT2D eigenvalue weighted by molar-refractivity contribution is -0.170. The fourth-order valence-electron chi connectivity index (χ4n) is 4.31. The van der Waals surface area contributed by atoms with Gasteiger partial charge in [-0.15, -0.1) is 0 Å². The number of aliphatic hydroxyl groups is 1. The summed E-state index contributed by atoms with van der Waals surface area (Å²) in [5.74, 6) is 3.48. The summed E-state index contributed by atoms with van der Waals surface area (Å²) in [4.78, 5) is 9.09. The number of alkyl halides is 2. The third kappa shape index (κ3) is 6.13. The highest BCUT2D eigenvalue weighted by molar-refractivity contribution is 5.92.